The van der Waals surface area contributed by atoms with Crippen molar-refractivity contribution in [3.63, 3.8) is 0 Å². The first kappa shape index (κ1) is 9.67. The van der Waals surface area contributed by atoms with Gasteiger partial charge in [0.05, 0.1) is 17.4 Å². The zero-order valence-corrected chi connectivity index (χ0v) is 8.28. The van der Waals surface area contributed by atoms with E-state index in [1.807, 2.05) is 18.2 Å². The van der Waals surface area contributed by atoms with E-state index in [-0.39, 0.29) is 12.5 Å². The van der Waals surface area contributed by atoms with Gasteiger partial charge in [0.2, 0.25) is 5.91 Å². The van der Waals surface area contributed by atoms with Gasteiger partial charge in [0.15, 0.2) is 0 Å². The van der Waals surface area contributed by atoms with E-state index in [4.69, 9.17) is 4.74 Å². The summed E-state index contributed by atoms with van der Waals surface area (Å²) in [6, 6.07) is 5.57. The molecule has 2 rings (SSSR count). The Balaban J connectivity index is 2.27. The number of nitrogens with zero attached hydrogens (tertiary/aromatic N) is 1. The molecule has 0 unspecified atom stereocenters. The third-order valence-corrected chi connectivity index (χ3v) is 2.03. The zero-order chi connectivity index (χ0) is 10.7. The molecule has 5 heteroatoms. The standard InChI is InChI=1S/C10H11N3O2/c1-15-6-10(14)12-8-3-2-4-9-7(8)5-11-13-9/h2-5H,6H2,1H3,(H,11,13)(H,12,14). The molecule has 1 aromatic carbocycles. The van der Waals surface area contributed by atoms with Gasteiger partial charge in [-0.15, -0.1) is 0 Å². The maximum absolute atomic E-state index is 11.3. The second-order valence-corrected chi connectivity index (χ2v) is 3.12. The fraction of sp³-hybridized carbons (Fsp3) is 0.200. The fourth-order valence-electron chi connectivity index (χ4n) is 1.39. The number of anilines is 1. The minimum atomic E-state index is -0.175. The second kappa shape index (κ2) is 4.10. The molecule has 0 aliphatic heterocycles. The van der Waals surface area contributed by atoms with Crippen molar-refractivity contribution in [2.75, 3.05) is 19.0 Å². The molecule has 78 valence electrons. The van der Waals surface area contributed by atoms with Gasteiger partial charge in [0, 0.05) is 12.5 Å². The number of fused-ring (bicyclic) bond motifs is 1. The first-order valence-electron chi connectivity index (χ1n) is 4.52. The van der Waals surface area contributed by atoms with Crippen LogP contribution in [0.1, 0.15) is 0 Å². The number of hydrogen-bond donors (Lipinski definition) is 2. The van der Waals surface area contributed by atoms with Gasteiger partial charge in [-0.05, 0) is 12.1 Å². The van der Waals surface area contributed by atoms with Crippen LogP contribution in [0.3, 0.4) is 0 Å². The highest BCUT2D eigenvalue weighted by molar-refractivity contribution is 6.01. The molecule has 0 spiro atoms. The fourth-order valence-corrected chi connectivity index (χ4v) is 1.39. The Morgan fingerprint density at radius 1 is 1.60 bits per heavy atom. The average molecular weight is 205 g/mol. The van der Waals surface area contributed by atoms with Crippen LogP contribution in [0.2, 0.25) is 0 Å². The van der Waals surface area contributed by atoms with Crippen molar-refractivity contribution in [1.29, 1.82) is 0 Å². The first-order valence-corrected chi connectivity index (χ1v) is 4.52. The number of nitrogens with one attached hydrogen (secondary N) is 2. The highest BCUT2D eigenvalue weighted by Gasteiger charge is 2.05. The second-order valence-electron chi connectivity index (χ2n) is 3.12. The Kier molecular flexibility index (Phi) is 2.64. The number of methoxy groups -OCH3 is 1. The van der Waals surface area contributed by atoms with Gasteiger partial charge in [-0.2, -0.15) is 5.10 Å². The lowest BCUT2D eigenvalue weighted by atomic mass is 10.2. The lowest BCUT2D eigenvalue weighted by Gasteiger charge is -2.04. The van der Waals surface area contributed by atoms with E-state index in [9.17, 15) is 4.79 Å². The smallest absolute Gasteiger partial charge is 0.250 e. The number of H-pyrrole nitrogens is 1. The van der Waals surface area contributed by atoms with Crippen molar-refractivity contribution >= 4 is 22.5 Å². The summed E-state index contributed by atoms with van der Waals surface area (Å²) in [5.74, 6) is -0.175. The van der Waals surface area contributed by atoms with E-state index in [2.05, 4.69) is 15.5 Å². The van der Waals surface area contributed by atoms with Crippen LogP contribution >= 0.6 is 0 Å². The molecule has 0 fully saturated rings. The molecule has 0 radical (unpaired) electrons. The number of ether oxygens (including phenoxy) is 1. The molecule has 0 saturated carbocycles. The van der Waals surface area contributed by atoms with Crippen LogP contribution < -0.4 is 5.32 Å². The Hall–Kier alpha value is -1.88. The van der Waals surface area contributed by atoms with E-state index in [1.54, 1.807) is 6.20 Å². The van der Waals surface area contributed by atoms with Crippen molar-refractivity contribution in [1.82, 2.24) is 10.2 Å². The summed E-state index contributed by atoms with van der Waals surface area (Å²) in [6.07, 6.45) is 1.68. The highest BCUT2D eigenvalue weighted by Crippen LogP contribution is 2.20. The molecule has 0 aliphatic carbocycles. The van der Waals surface area contributed by atoms with Crippen LogP contribution in [-0.2, 0) is 9.53 Å². The molecule has 0 aliphatic rings. The monoisotopic (exact) mass is 205 g/mol. The molecule has 1 heterocycles. The predicted molar refractivity (Wildman–Crippen MR) is 56.6 cm³/mol. The summed E-state index contributed by atoms with van der Waals surface area (Å²) in [4.78, 5) is 11.3. The number of aromatic nitrogens is 2. The van der Waals surface area contributed by atoms with Crippen LogP contribution in [0.5, 0.6) is 0 Å². The maximum atomic E-state index is 11.3. The SMILES string of the molecule is COCC(=O)Nc1cccc2[nH]ncc12. The maximum Gasteiger partial charge on any atom is 0.250 e. The number of aromatic amines is 1. The van der Waals surface area contributed by atoms with Crippen LogP contribution in [0.4, 0.5) is 5.69 Å². The third kappa shape index (κ3) is 1.97. The topological polar surface area (TPSA) is 67.0 Å². The number of amides is 1. The minimum Gasteiger partial charge on any atom is -0.375 e. The van der Waals surface area contributed by atoms with Crippen molar-refractivity contribution in [3.05, 3.63) is 24.4 Å². The molecular formula is C10H11N3O2. The molecule has 0 saturated heterocycles. The number of benzene rings is 1. The molecule has 5 nitrogen and oxygen atoms in total. The molecular weight excluding hydrogens is 194 g/mol. The van der Waals surface area contributed by atoms with Crippen molar-refractivity contribution in [2.45, 2.75) is 0 Å². The number of carbonyl (C=O) groups is 1. The zero-order valence-electron chi connectivity index (χ0n) is 8.28. The van der Waals surface area contributed by atoms with Crippen LogP contribution in [0, 0.1) is 0 Å². The molecule has 2 N–H and O–H groups in total. The van der Waals surface area contributed by atoms with E-state index < -0.39 is 0 Å². The summed E-state index contributed by atoms with van der Waals surface area (Å²) in [6.45, 7) is 0.0498. The first-order chi connectivity index (χ1) is 7.31. The average Bonchev–Trinajstić information content (AvgIpc) is 2.67. The molecule has 0 atom stereocenters. The van der Waals surface area contributed by atoms with Gasteiger partial charge in [0.25, 0.3) is 0 Å². The van der Waals surface area contributed by atoms with Crippen molar-refractivity contribution < 1.29 is 9.53 Å². The van der Waals surface area contributed by atoms with Crippen LogP contribution in [0.25, 0.3) is 10.9 Å². The van der Waals surface area contributed by atoms with Crippen molar-refractivity contribution in [3.8, 4) is 0 Å². The van der Waals surface area contributed by atoms with Gasteiger partial charge in [-0.1, -0.05) is 6.07 Å². The molecule has 1 amide bonds. The van der Waals surface area contributed by atoms with Crippen molar-refractivity contribution in [2.24, 2.45) is 0 Å². The lowest BCUT2D eigenvalue weighted by Crippen LogP contribution is -2.17. The van der Waals surface area contributed by atoms with Crippen LogP contribution in [-0.4, -0.2) is 29.8 Å². The molecule has 1 aromatic heterocycles. The molecule has 2 aromatic rings. The highest BCUT2D eigenvalue weighted by atomic mass is 16.5. The summed E-state index contributed by atoms with van der Waals surface area (Å²) < 4.78 is 4.73. The van der Waals surface area contributed by atoms with E-state index in [1.165, 1.54) is 7.11 Å². The number of carbonyl (C=O) groups excluding carboxylic acids is 1. The quantitative estimate of drug-likeness (QED) is 0.789. The van der Waals surface area contributed by atoms with E-state index in [0.29, 0.717) is 0 Å². The molecule has 0 bridgehead atoms. The summed E-state index contributed by atoms with van der Waals surface area (Å²) in [5, 5.41) is 10.4. The Labute approximate surface area is 86.4 Å². The number of hydrogen-bond acceptors (Lipinski definition) is 3. The summed E-state index contributed by atoms with van der Waals surface area (Å²) in [5.41, 5.74) is 1.63. The van der Waals surface area contributed by atoms with Gasteiger partial charge in [0.1, 0.15) is 6.61 Å². The Morgan fingerprint density at radius 3 is 3.27 bits per heavy atom. The van der Waals surface area contributed by atoms with Gasteiger partial charge >= 0.3 is 0 Å². The van der Waals surface area contributed by atoms with E-state index >= 15 is 0 Å². The Morgan fingerprint density at radius 2 is 2.47 bits per heavy atom. The summed E-state index contributed by atoms with van der Waals surface area (Å²) in [7, 11) is 1.48. The van der Waals surface area contributed by atoms with Crippen LogP contribution in [0.15, 0.2) is 24.4 Å². The largest absolute Gasteiger partial charge is 0.375 e. The van der Waals surface area contributed by atoms with E-state index in [0.717, 1.165) is 16.6 Å². The minimum absolute atomic E-state index is 0.0498. The lowest BCUT2D eigenvalue weighted by molar-refractivity contribution is -0.119. The molecule has 15 heavy (non-hydrogen) atoms. The Bertz CT molecular complexity index is 478. The third-order valence-electron chi connectivity index (χ3n) is 2.03. The van der Waals surface area contributed by atoms with Gasteiger partial charge in [-0.25, -0.2) is 0 Å². The summed E-state index contributed by atoms with van der Waals surface area (Å²) >= 11 is 0. The normalized spacial score (nSPS) is 10.5. The van der Waals surface area contributed by atoms with Gasteiger partial charge < -0.3 is 10.1 Å². The predicted octanol–water partition coefficient (Wildman–Crippen LogP) is 1.15. The van der Waals surface area contributed by atoms with Gasteiger partial charge in [-0.3, -0.25) is 9.89 Å². The number of rotatable bonds is 3.